The normalized spacial score (nSPS) is 14.9. The van der Waals surface area contributed by atoms with Crippen LogP contribution in [0, 0.1) is 5.41 Å². The minimum atomic E-state index is -0.154. The number of carbonyl (C=O) groups is 1. The molecule has 1 aliphatic heterocycles. The van der Waals surface area contributed by atoms with Crippen LogP contribution < -0.4 is 16.0 Å². The van der Waals surface area contributed by atoms with Gasteiger partial charge in [-0.25, -0.2) is 9.97 Å². The first-order valence-corrected chi connectivity index (χ1v) is 11.9. The number of fused-ring (bicyclic) bond motifs is 1. The Morgan fingerprint density at radius 2 is 1.89 bits per heavy atom. The van der Waals surface area contributed by atoms with Crippen molar-refractivity contribution in [2.45, 2.75) is 33.2 Å². The van der Waals surface area contributed by atoms with Crippen LogP contribution >= 0.6 is 0 Å². The maximum Gasteiger partial charge on any atom is 0.253 e. The standard InChI is InChI=1S/C28H30N6O/c1-28(2)8-10-34(18-28)25-6-4-19(15-32-25)11-21-13-23(17-30-14-21)27(35)33-16-20-3-5-24-22(12-20)7-9-31-26(24)29/h3-7,9,12-15,17H,8,10-11,16,18H2,1-2H3,(H2,29,31)(H,33,35). The minimum absolute atomic E-state index is 0.154. The largest absolute Gasteiger partial charge is 0.383 e. The number of nitrogen functional groups attached to an aromatic ring is 1. The fourth-order valence-electron chi connectivity index (χ4n) is 4.61. The van der Waals surface area contributed by atoms with Crippen LogP contribution in [-0.4, -0.2) is 33.9 Å². The molecule has 0 saturated carbocycles. The highest BCUT2D eigenvalue weighted by molar-refractivity contribution is 5.94. The van der Waals surface area contributed by atoms with Gasteiger partial charge in [-0.05, 0) is 58.2 Å². The number of nitrogens with one attached hydrogen (secondary N) is 1. The molecule has 0 bridgehead atoms. The summed E-state index contributed by atoms with van der Waals surface area (Å²) in [5.41, 5.74) is 9.87. The van der Waals surface area contributed by atoms with Crippen molar-refractivity contribution in [1.82, 2.24) is 20.3 Å². The minimum Gasteiger partial charge on any atom is -0.383 e. The van der Waals surface area contributed by atoms with E-state index in [0.717, 1.165) is 46.4 Å². The van der Waals surface area contributed by atoms with Crippen molar-refractivity contribution in [2.24, 2.45) is 5.41 Å². The molecule has 4 heterocycles. The van der Waals surface area contributed by atoms with Crippen LogP contribution in [0.1, 0.15) is 47.3 Å². The van der Waals surface area contributed by atoms with Gasteiger partial charge in [-0.3, -0.25) is 9.78 Å². The van der Waals surface area contributed by atoms with Gasteiger partial charge in [-0.15, -0.1) is 0 Å². The molecule has 4 aromatic rings. The molecule has 0 radical (unpaired) electrons. The molecule has 7 heteroatoms. The number of pyridine rings is 3. The molecule has 0 aliphatic carbocycles. The molecule has 3 aromatic heterocycles. The Balaban J connectivity index is 1.21. The van der Waals surface area contributed by atoms with Gasteiger partial charge in [0.25, 0.3) is 5.91 Å². The van der Waals surface area contributed by atoms with Crippen molar-refractivity contribution in [2.75, 3.05) is 23.7 Å². The van der Waals surface area contributed by atoms with Gasteiger partial charge in [-0.2, -0.15) is 0 Å². The Bertz CT molecular complexity index is 1370. The third-order valence-electron chi connectivity index (χ3n) is 6.59. The second-order valence-electron chi connectivity index (χ2n) is 10.1. The summed E-state index contributed by atoms with van der Waals surface area (Å²) in [6.07, 6.45) is 8.87. The summed E-state index contributed by atoms with van der Waals surface area (Å²) in [6.45, 7) is 7.09. The Morgan fingerprint density at radius 3 is 2.66 bits per heavy atom. The summed E-state index contributed by atoms with van der Waals surface area (Å²) >= 11 is 0. The second kappa shape index (κ2) is 9.33. The number of hydrogen-bond acceptors (Lipinski definition) is 6. The van der Waals surface area contributed by atoms with E-state index in [1.54, 1.807) is 18.6 Å². The van der Waals surface area contributed by atoms with Gasteiger partial charge in [-0.1, -0.05) is 32.0 Å². The molecule has 1 saturated heterocycles. The van der Waals surface area contributed by atoms with E-state index in [1.807, 2.05) is 36.5 Å². The summed E-state index contributed by atoms with van der Waals surface area (Å²) in [5, 5.41) is 4.90. The Labute approximate surface area is 205 Å². The summed E-state index contributed by atoms with van der Waals surface area (Å²) in [7, 11) is 0. The first-order valence-electron chi connectivity index (χ1n) is 11.9. The van der Waals surface area contributed by atoms with E-state index >= 15 is 0 Å². The van der Waals surface area contributed by atoms with Gasteiger partial charge in [0.1, 0.15) is 11.6 Å². The molecule has 178 valence electrons. The van der Waals surface area contributed by atoms with Crippen LogP contribution in [0.3, 0.4) is 0 Å². The van der Waals surface area contributed by atoms with Gasteiger partial charge < -0.3 is 16.0 Å². The van der Waals surface area contributed by atoms with Gasteiger partial charge in [0.2, 0.25) is 0 Å². The summed E-state index contributed by atoms with van der Waals surface area (Å²) < 4.78 is 0. The molecule has 35 heavy (non-hydrogen) atoms. The highest BCUT2D eigenvalue weighted by Gasteiger charge is 2.29. The number of benzene rings is 1. The summed E-state index contributed by atoms with van der Waals surface area (Å²) in [6, 6.07) is 13.9. The van der Waals surface area contributed by atoms with Gasteiger partial charge in [0.15, 0.2) is 0 Å². The van der Waals surface area contributed by atoms with Crippen molar-refractivity contribution in [3.63, 3.8) is 0 Å². The van der Waals surface area contributed by atoms with E-state index in [4.69, 9.17) is 5.73 Å². The fraction of sp³-hybridized carbons (Fsp3) is 0.286. The monoisotopic (exact) mass is 466 g/mol. The third kappa shape index (κ3) is 5.24. The van der Waals surface area contributed by atoms with Crippen molar-refractivity contribution in [3.05, 3.63) is 89.5 Å². The summed E-state index contributed by atoms with van der Waals surface area (Å²) in [4.78, 5) is 28.2. The van der Waals surface area contributed by atoms with Crippen molar-refractivity contribution >= 4 is 28.3 Å². The SMILES string of the molecule is CC1(C)CCN(c2ccc(Cc3cncc(C(=O)NCc4ccc5c(N)nccc5c4)c3)cn2)C1. The molecule has 1 aliphatic rings. The Kier molecular flexibility index (Phi) is 6.07. The van der Waals surface area contributed by atoms with Gasteiger partial charge in [0.05, 0.1) is 5.56 Å². The van der Waals surface area contributed by atoms with Crippen LogP contribution in [0.25, 0.3) is 10.8 Å². The molecule has 0 atom stereocenters. The first kappa shape index (κ1) is 22.8. The lowest BCUT2D eigenvalue weighted by Gasteiger charge is -2.20. The number of amides is 1. The molecule has 0 unspecified atom stereocenters. The fourth-order valence-corrected chi connectivity index (χ4v) is 4.61. The highest BCUT2D eigenvalue weighted by atomic mass is 16.1. The smallest absolute Gasteiger partial charge is 0.253 e. The van der Waals surface area contributed by atoms with Crippen LogP contribution in [-0.2, 0) is 13.0 Å². The number of rotatable bonds is 6. The van der Waals surface area contributed by atoms with Gasteiger partial charge in [0, 0.05) is 56.2 Å². The number of nitrogens with zero attached hydrogens (tertiary/aromatic N) is 4. The predicted octanol–water partition coefficient (Wildman–Crippen LogP) is 4.36. The number of carbonyl (C=O) groups excluding carboxylic acids is 1. The third-order valence-corrected chi connectivity index (χ3v) is 6.59. The highest BCUT2D eigenvalue weighted by Crippen LogP contribution is 2.31. The van der Waals surface area contributed by atoms with E-state index in [2.05, 4.69) is 51.1 Å². The maximum absolute atomic E-state index is 12.8. The Hall–Kier alpha value is -4.00. The first-order chi connectivity index (χ1) is 16.9. The van der Waals surface area contributed by atoms with E-state index in [9.17, 15) is 4.79 Å². The number of aromatic nitrogens is 3. The van der Waals surface area contributed by atoms with Crippen LogP contribution in [0.2, 0.25) is 0 Å². The molecule has 1 amide bonds. The quantitative estimate of drug-likeness (QED) is 0.438. The van der Waals surface area contributed by atoms with E-state index in [1.165, 1.54) is 6.42 Å². The molecule has 5 rings (SSSR count). The molecule has 1 aromatic carbocycles. The average molecular weight is 467 g/mol. The van der Waals surface area contributed by atoms with Crippen molar-refractivity contribution < 1.29 is 4.79 Å². The molecule has 3 N–H and O–H groups in total. The van der Waals surface area contributed by atoms with Crippen molar-refractivity contribution in [3.8, 4) is 0 Å². The van der Waals surface area contributed by atoms with Gasteiger partial charge >= 0.3 is 0 Å². The number of hydrogen-bond donors (Lipinski definition) is 2. The number of anilines is 2. The zero-order chi connectivity index (χ0) is 24.4. The molecule has 1 fully saturated rings. The lowest BCUT2D eigenvalue weighted by atomic mass is 9.93. The Morgan fingerprint density at radius 1 is 1.03 bits per heavy atom. The molecular formula is C28H30N6O. The lowest BCUT2D eigenvalue weighted by Crippen LogP contribution is -2.23. The molecular weight excluding hydrogens is 436 g/mol. The zero-order valence-corrected chi connectivity index (χ0v) is 20.2. The van der Waals surface area contributed by atoms with E-state index in [-0.39, 0.29) is 5.91 Å². The predicted molar refractivity (Wildman–Crippen MR) is 139 cm³/mol. The summed E-state index contributed by atoms with van der Waals surface area (Å²) in [5.74, 6) is 1.38. The van der Waals surface area contributed by atoms with Crippen molar-refractivity contribution in [1.29, 1.82) is 0 Å². The topological polar surface area (TPSA) is 97.0 Å². The second-order valence-corrected chi connectivity index (χ2v) is 10.1. The average Bonchev–Trinajstić information content (AvgIpc) is 3.23. The molecule has 0 spiro atoms. The van der Waals surface area contributed by atoms with Crippen LogP contribution in [0.4, 0.5) is 11.6 Å². The van der Waals surface area contributed by atoms with E-state index in [0.29, 0.717) is 29.8 Å². The van der Waals surface area contributed by atoms with Crippen LogP contribution in [0.5, 0.6) is 0 Å². The zero-order valence-electron chi connectivity index (χ0n) is 20.2. The van der Waals surface area contributed by atoms with E-state index < -0.39 is 0 Å². The van der Waals surface area contributed by atoms with Crippen LogP contribution in [0.15, 0.2) is 67.3 Å². The maximum atomic E-state index is 12.8. The molecule has 7 nitrogen and oxygen atoms in total. The number of nitrogens with two attached hydrogens (primary N) is 1. The lowest BCUT2D eigenvalue weighted by molar-refractivity contribution is 0.0950.